The molecule has 0 saturated heterocycles. The van der Waals surface area contributed by atoms with Crippen molar-refractivity contribution in [1.82, 2.24) is 5.32 Å². The summed E-state index contributed by atoms with van der Waals surface area (Å²) in [5.41, 5.74) is 0. The van der Waals surface area contributed by atoms with Crippen LogP contribution in [0.25, 0.3) is 0 Å². The van der Waals surface area contributed by atoms with Gasteiger partial charge in [-0.25, -0.2) is 0 Å². The zero-order chi connectivity index (χ0) is 45.1. The highest BCUT2D eigenvalue weighted by molar-refractivity contribution is 5.76. The first-order valence-electron chi connectivity index (χ1n) is 27.3. The number of hydrogen-bond donors (Lipinski definition) is 3. The van der Waals surface area contributed by atoms with Gasteiger partial charge in [0.1, 0.15) is 0 Å². The van der Waals surface area contributed by atoms with E-state index >= 15 is 0 Å². The van der Waals surface area contributed by atoms with E-state index in [4.69, 9.17) is 4.74 Å². The monoisotopic (exact) mass is 872 g/mol. The summed E-state index contributed by atoms with van der Waals surface area (Å²) in [4.78, 5) is 24.5. The van der Waals surface area contributed by atoms with Crippen LogP contribution >= 0.6 is 0 Å². The second kappa shape index (κ2) is 51.7. The molecule has 1 amide bonds. The predicted octanol–water partition coefficient (Wildman–Crippen LogP) is 16.5. The number of hydrogen-bond acceptors (Lipinski definition) is 5. The molecule has 0 radical (unpaired) electrons. The van der Waals surface area contributed by atoms with Gasteiger partial charge in [0.05, 0.1) is 25.4 Å². The number of carbonyl (C=O) groups is 2. The quantitative estimate of drug-likeness (QED) is 0.0321. The van der Waals surface area contributed by atoms with Crippen molar-refractivity contribution < 1.29 is 24.5 Å². The van der Waals surface area contributed by atoms with E-state index in [0.29, 0.717) is 19.4 Å². The van der Waals surface area contributed by atoms with Crippen molar-refractivity contribution in [2.24, 2.45) is 0 Å². The van der Waals surface area contributed by atoms with Crippen molar-refractivity contribution in [2.45, 2.75) is 296 Å². The lowest BCUT2D eigenvalue weighted by Crippen LogP contribution is -2.45. The summed E-state index contributed by atoms with van der Waals surface area (Å²) in [6.07, 6.45) is 62.9. The summed E-state index contributed by atoms with van der Waals surface area (Å²) in [6, 6.07) is -0.635. The fourth-order valence-corrected chi connectivity index (χ4v) is 8.19. The lowest BCUT2D eigenvalue weighted by atomic mass is 10.0. The van der Waals surface area contributed by atoms with Crippen LogP contribution in [0.4, 0.5) is 0 Å². The van der Waals surface area contributed by atoms with Crippen molar-refractivity contribution >= 4 is 11.9 Å². The molecule has 0 saturated carbocycles. The van der Waals surface area contributed by atoms with Gasteiger partial charge < -0.3 is 20.3 Å². The molecule has 0 spiro atoms. The predicted molar refractivity (Wildman–Crippen MR) is 269 cm³/mol. The molecule has 0 aromatic carbocycles. The van der Waals surface area contributed by atoms with Crippen LogP contribution in [-0.2, 0) is 14.3 Å². The maximum atomic E-state index is 12.4. The average molecular weight is 872 g/mol. The van der Waals surface area contributed by atoms with Gasteiger partial charge in [0.15, 0.2) is 0 Å². The molecule has 6 nitrogen and oxygen atoms in total. The Bertz CT molecular complexity index is 1010. The number of unbranched alkanes of at least 4 members (excludes halogenated alkanes) is 35. The van der Waals surface area contributed by atoms with Crippen LogP contribution in [0.3, 0.4) is 0 Å². The molecule has 0 aromatic rings. The second-order valence-electron chi connectivity index (χ2n) is 18.6. The highest BCUT2D eigenvalue weighted by Crippen LogP contribution is 2.16. The molecular formula is C56H105NO5. The molecule has 0 aliphatic carbocycles. The molecular weight excluding hydrogens is 767 g/mol. The minimum Gasteiger partial charge on any atom is -0.466 e. The average Bonchev–Trinajstić information content (AvgIpc) is 3.27. The fourth-order valence-electron chi connectivity index (χ4n) is 8.19. The molecule has 0 aliphatic heterocycles. The summed E-state index contributed by atoms with van der Waals surface area (Å²) >= 11 is 0. The van der Waals surface area contributed by atoms with E-state index in [-0.39, 0.29) is 18.5 Å². The summed E-state index contributed by atoms with van der Waals surface area (Å²) in [7, 11) is 0. The first-order chi connectivity index (χ1) is 30.5. The normalized spacial score (nSPS) is 12.9. The van der Waals surface area contributed by atoms with E-state index in [1.807, 2.05) is 6.08 Å². The van der Waals surface area contributed by atoms with Crippen LogP contribution in [0.5, 0.6) is 0 Å². The number of aliphatic hydroxyl groups is 2. The third-order valence-electron chi connectivity index (χ3n) is 12.4. The maximum absolute atomic E-state index is 12.4. The van der Waals surface area contributed by atoms with Gasteiger partial charge in [-0.2, -0.15) is 0 Å². The highest BCUT2D eigenvalue weighted by atomic mass is 16.5. The van der Waals surface area contributed by atoms with Gasteiger partial charge in [0, 0.05) is 12.8 Å². The van der Waals surface area contributed by atoms with E-state index in [1.54, 1.807) is 6.08 Å². The molecule has 364 valence electrons. The topological polar surface area (TPSA) is 95.9 Å². The van der Waals surface area contributed by atoms with Crippen LogP contribution in [-0.4, -0.2) is 47.4 Å². The molecule has 0 aromatic heterocycles. The Labute approximate surface area is 385 Å². The lowest BCUT2D eigenvalue weighted by Gasteiger charge is -2.20. The van der Waals surface area contributed by atoms with Crippen molar-refractivity contribution in [3.05, 3.63) is 36.5 Å². The molecule has 2 atom stereocenters. The largest absolute Gasteiger partial charge is 0.466 e. The Hall–Kier alpha value is -1.92. The van der Waals surface area contributed by atoms with Gasteiger partial charge in [-0.3, -0.25) is 9.59 Å². The minimum absolute atomic E-state index is 0.0148. The van der Waals surface area contributed by atoms with Crippen molar-refractivity contribution in [2.75, 3.05) is 13.2 Å². The zero-order valence-corrected chi connectivity index (χ0v) is 41.4. The number of rotatable bonds is 50. The first kappa shape index (κ1) is 60.1. The van der Waals surface area contributed by atoms with Crippen LogP contribution in [0.1, 0.15) is 284 Å². The van der Waals surface area contributed by atoms with Crippen molar-refractivity contribution in [3.8, 4) is 0 Å². The van der Waals surface area contributed by atoms with Gasteiger partial charge >= 0.3 is 5.97 Å². The first-order valence-corrected chi connectivity index (χ1v) is 27.3. The van der Waals surface area contributed by atoms with E-state index in [9.17, 15) is 19.8 Å². The third kappa shape index (κ3) is 47.6. The Morgan fingerprint density at radius 2 is 0.806 bits per heavy atom. The smallest absolute Gasteiger partial charge is 0.305 e. The number of carbonyl (C=O) groups excluding carboxylic acids is 2. The van der Waals surface area contributed by atoms with Crippen LogP contribution in [0, 0.1) is 0 Å². The minimum atomic E-state index is -0.850. The molecule has 0 heterocycles. The molecule has 0 rings (SSSR count). The third-order valence-corrected chi connectivity index (χ3v) is 12.4. The summed E-state index contributed by atoms with van der Waals surface area (Å²) in [5, 5.41) is 23.1. The van der Waals surface area contributed by atoms with Gasteiger partial charge in [-0.1, -0.05) is 243 Å². The number of aliphatic hydroxyl groups excluding tert-OH is 2. The molecule has 0 aliphatic rings. The summed E-state index contributed by atoms with van der Waals surface area (Å²) in [5.74, 6) is -0.0917. The Balaban J connectivity index is 3.47. The fraction of sp³-hybridized carbons (Fsp3) is 0.857. The molecule has 0 fully saturated rings. The van der Waals surface area contributed by atoms with Gasteiger partial charge in [-0.15, -0.1) is 0 Å². The summed E-state index contributed by atoms with van der Waals surface area (Å²) in [6.45, 7) is 4.85. The Morgan fingerprint density at radius 3 is 1.26 bits per heavy atom. The van der Waals surface area contributed by atoms with Gasteiger partial charge in [0.25, 0.3) is 0 Å². The van der Waals surface area contributed by atoms with Gasteiger partial charge in [-0.05, 0) is 64.2 Å². The maximum Gasteiger partial charge on any atom is 0.305 e. The van der Waals surface area contributed by atoms with Crippen molar-refractivity contribution in [1.29, 1.82) is 0 Å². The Kier molecular flexibility index (Phi) is 50.1. The van der Waals surface area contributed by atoms with Gasteiger partial charge in [0.2, 0.25) is 5.91 Å². The SMILES string of the molecule is CCCCC/C=C\C/C=C\CCCCCCCC(=O)OCCCCCCCCCCCCCCCCCC(=O)NC(CO)C(O)/C=C/CCCCCCCCCCCCCCC. The lowest BCUT2D eigenvalue weighted by molar-refractivity contribution is -0.143. The highest BCUT2D eigenvalue weighted by Gasteiger charge is 2.18. The second-order valence-corrected chi connectivity index (χ2v) is 18.6. The van der Waals surface area contributed by atoms with Crippen molar-refractivity contribution in [3.63, 3.8) is 0 Å². The summed E-state index contributed by atoms with van der Waals surface area (Å²) < 4.78 is 5.46. The van der Waals surface area contributed by atoms with E-state index in [1.165, 1.54) is 193 Å². The number of allylic oxidation sites excluding steroid dienone is 5. The van der Waals surface area contributed by atoms with Crippen LogP contribution in [0.2, 0.25) is 0 Å². The molecule has 6 heteroatoms. The molecule has 0 bridgehead atoms. The number of nitrogens with one attached hydrogen (secondary N) is 1. The Morgan fingerprint density at radius 1 is 0.452 bits per heavy atom. The molecule has 62 heavy (non-hydrogen) atoms. The van der Waals surface area contributed by atoms with E-state index in [2.05, 4.69) is 43.5 Å². The van der Waals surface area contributed by atoms with Crippen LogP contribution in [0.15, 0.2) is 36.5 Å². The zero-order valence-electron chi connectivity index (χ0n) is 41.4. The standard InChI is InChI=1S/C56H105NO5/c1-3-5-7-9-11-13-15-17-20-24-28-32-36-40-44-48-54(59)53(52-58)57-55(60)49-45-41-37-33-29-25-22-19-23-27-31-35-39-43-47-51-62-56(61)50-46-42-38-34-30-26-21-18-16-14-12-10-8-6-4-2/h12,14,18,21,44,48,53-54,58-59H,3-11,13,15-17,19-20,22-43,45-47,49-52H2,1-2H3,(H,57,60)/b14-12-,21-18-,48-44+. The van der Waals surface area contributed by atoms with E-state index < -0.39 is 12.1 Å². The molecule has 2 unspecified atom stereocenters. The number of amides is 1. The van der Waals surface area contributed by atoms with Crippen LogP contribution < -0.4 is 5.32 Å². The number of esters is 1. The van der Waals surface area contributed by atoms with E-state index in [0.717, 1.165) is 64.2 Å². The number of ether oxygens (including phenoxy) is 1. The molecule has 3 N–H and O–H groups in total.